The number of ether oxygens (including phenoxy) is 1. The van der Waals surface area contributed by atoms with E-state index in [1.807, 2.05) is 0 Å². The van der Waals surface area contributed by atoms with E-state index in [9.17, 15) is 0 Å². The van der Waals surface area contributed by atoms with Crippen LogP contribution < -0.4 is 0 Å². The average Bonchev–Trinajstić information content (AvgIpc) is 3.17. The monoisotopic (exact) mass is 416 g/mol. The second-order valence-corrected chi connectivity index (χ2v) is 8.08. The summed E-state index contributed by atoms with van der Waals surface area (Å²) < 4.78 is 6.42. The molecule has 1 aliphatic carbocycles. The number of rotatable bonds is 7. The first-order chi connectivity index (χ1) is 12.2. The lowest BCUT2D eigenvalue weighted by Crippen LogP contribution is -2.51. The summed E-state index contributed by atoms with van der Waals surface area (Å²) in [7, 11) is 2.21. The fraction of sp³-hybridized carbons (Fsp3) is 0.727. The second-order valence-electron chi connectivity index (χ2n) is 8.08. The van der Waals surface area contributed by atoms with Crippen LogP contribution in [0.15, 0.2) is 24.3 Å². The van der Waals surface area contributed by atoms with Crippen molar-refractivity contribution in [1.82, 2.24) is 9.80 Å². The van der Waals surface area contributed by atoms with E-state index in [-0.39, 0.29) is 31.0 Å². The molecule has 3 nitrogen and oxygen atoms in total. The molecule has 2 fully saturated rings. The van der Waals surface area contributed by atoms with Crippen molar-refractivity contribution in [2.24, 2.45) is 0 Å². The highest BCUT2D eigenvalue weighted by Crippen LogP contribution is 2.34. The van der Waals surface area contributed by atoms with Gasteiger partial charge in [-0.1, -0.05) is 44.0 Å². The Morgan fingerprint density at radius 3 is 2.15 bits per heavy atom. The zero-order chi connectivity index (χ0) is 17.6. The minimum Gasteiger partial charge on any atom is -0.360 e. The zero-order valence-corrected chi connectivity index (χ0v) is 18.9. The average molecular weight is 417 g/mol. The van der Waals surface area contributed by atoms with Gasteiger partial charge in [-0.15, -0.1) is 24.8 Å². The molecule has 2 aliphatic rings. The van der Waals surface area contributed by atoms with Gasteiger partial charge >= 0.3 is 0 Å². The van der Waals surface area contributed by atoms with Crippen LogP contribution in [0.4, 0.5) is 0 Å². The Morgan fingerprint density at radius 2 is 1.59 bits per heavy atom. The maximum atomic E-state index is 6.42. The van der Waals surface area contributed by atoms with E-state index >= 15 is 0 Å². The second kappa shape index (κ2) is 12.3. The van der Waals surface area contributed by atoms with E-state index in [2.05, 4.69) is 55.0 Å². The molecule has 1 aromatic rings. The van der Waals surface area contributed by atoms with Crippen LogP contribution in [-0.2, 0) is 11.2 Å². The molecule has 0 bridgehead atoms. The van der Waals surface area contributed by atoms with Crippen LogP contribution >= 0.6 is 24.8 Å². The maximum absolute atomic E-state index is 6.42. The molecule has 1 saturated heterocycles. The normalized spacial score (nSPS) is 21.3. The highest BCUT2D eigenvalue weighted by molar-refractivity contribution is 5.85. The van der Waals surface area contributed by atoms with Gasteiger partial charge in [-0.3, -0.25) is 4.90 Å². The van der Waals surface area contributed by atoms with Crippen LogP contribution in [0.2, 0.25) is 0 Å². The van der Waals surface area contributed by atoms with Gasteiger partial charge in [-0.05, 0) is 50.3 Å². The van der Waals surface area contributed by atoms with Gasteiger partial charge in [-0.2, -0.15) is 0 Å². The topological polar surface area (TPSA) is 15.7 Å². The zero-order valence-electron chi connectivity index (χ0n) is 17.2. The van der Waals surface area contributed by atoms with E-state index in [4.69, 9.17) is 4.74 Å². The summed E-state index contributed by atoms with van der Waals surface area (Å²) in [5.41, 5.74) is 2.95. The summed E-state index contributed by atoms with van der Waals surface area (Å²) in [6, 6.07) is 9.43. The largest absolute Gasteiger partial charge is 0.360 e. The molecule has 27 heavy (non-hydrogen) atoms. The molecule has 1 aromatic carbocycles. The number of halogens is 2. The van der Waals surface area contributed by atoms with Crippen molar-refractivity contribution >= 4 is 24.8 Å². The van der Waals surface area contributed by atoms with Crippen LogP contribution in [0.1, 0.15) is 63.0 Å². The summed E-state index contributed by atoms with van der Waals surface area (Å²) in [5, 5.41) is 0. The third-order valence-corrected chi connectivity index (χ3v) is 6.13. The van der Waals surface area contributed by atoms with Crippen molar-refractivity contribution in [3.05, 3.63) is 35.4 Å². The smallest absolute Gasteiger partial charge is 0.115 e. The minimum absolute atomic E-state index is 0. The number of likely N-dealkylation sites (N-methyl/N-ethyl adjacent to an activating group) is 1. The highest BCUT2D eigenvalue weighted by Gasteiger charge is 2.25. The van der Waals surface area contributed by atoms with Gasteiger partial charge in [0, 0.05) is 32.6 Å². The van der Waals surface area contributed by atoms with Gasteiger partial charge in [0.25, 0.3) is 0 Å². The van der Waals surface area contributed by atoms with E-state index in [0.29, 0.717) is 6.10 Å². The predicted octanol–water partition coefficient (Wildman–Crippen LogP) is 5.12. The Labute approximate surface area is 178 Å². The van der Waals surface area contributed by atoms with E-state index < -0.39 is 0 Å². The molecule has 3 rings (SSSR count). The summed E-state index contributed by atoms with van der Waals surface area (Å²) in [6.45, 7) is 8.91. The Bertz CT molecular complexity index is 512. The van der Waals surface area contributed by atoms with Crippen LogP contribution in [0.25, 0.3) is 0 Å². The number of hydrogen-bond acceptors (Lipinski definition) is 3. The lowest BCUT2D eigenvalue weighted by molar-refractivity contribution is -0.104. The van der Waals surface area contributed by atoms with Gasteiger partial charge in [0.15, 0.2) is 0 Å². The molecule has 2 atom stereocenters. The SMILES string of the molecule is CCC(C)OC(Cc1ccc(C2CCCC2)cc1)N1CCN(C)CC1.Cl.Cl. The molecule has 0 amide bonds. The lowest BCUT2D eigenvalue weighted by atomic mass is 9.96. The summed E-state index contributed by atoms with van der Waals surface area (Å²) >= 11 is 0. The fourth-order valence-electron chi connectivity index (χ4n) is 4.12. The lowest BCUT2D eigenvalue weighted by Gasteiger charge is -2.38. The van der Waals surface area contributed by atoms with Crippen LogP contribution in [-0.4, -0.2) is 55.4 Å². The molecule has 1 heterocycles. The predicted molar refractivity (Wildman–Crippen MR) is 120 cm³/mol. The molecule has 2 unspecified atom stereocenters. The first-order valence-corrected chi connectivity index (χ1v) is 10.3. The fourth-order valence-corrected chi connectivity index (χ4v) is 4.12. The summed E-state index contributed by atoms with van der Waals surface area (Å²) in [4.78, 5) is 4.95. The number of hydrogen-bond donors (Lipinski definition) is 0. The molecule has 5 heteroatoms. The molecular formula is C22H38Cl2N2O. The third-order valence-electron chi connectivity index (χ3n) is 6.13. The first kappa shape index (κ1) is 24.7. The van der Waals surface area contributed by atoms with E-state index in [1.165, 1.54) is 31.2 Å². The summed E-state index contributed by atoms with van der Waals surface area (Å²) in [5.74, 6) is 0.804. The molecular weight excluding hydrogens is 379 g/mol. The molecule has 0 spiro atoms. The van der Waals surface area contributed by atoms with Crippen molar-refractivity contribution < 1.29 is 4.74 Å². The van der Waals surface area contributed by atoms with Crippen LogP contribution in [0.3, 0.4) is 0 Å². The molecule has 1 saturated carbocycles. The van der Waals surface area contributed by atoms with Gasteiger partial charge in [0.2, 0.25) is 0 Å². The van der Waals surface area contributed by atoms with E-state index in [0.717, 1.165) is 44.9 Å². The molecule has 0 N–H and O–H groups in total. The molecule has 0 radical (unpaired) electrons. The van der Waals surface area contributed by atoms with Gasteiger partial charge in [-0.25, -0.2) is 0 Å². The van der Waals surface area contributed by atoms with Gasteiger partial charge in [0.05, 0.1) is 6.10 Å². The molecule has 0 aromatic heterocycles. The van der Waals surface area contributed by atoms with Gasteiger partial charge < -0.3 is 9.64 Å². The van der Waals surface area contributed by atoms with Crippen LogP contribution in [0.5, 0.6) is 0 Å². The Hall–Kier alpha value is -0.320. The number of nitrogens with zero attached hydrogens (tertiary/aromatic N) is 2. The van der Waals surface area contributed by atoms with Crippen molar-refractivity contribution in [1.29, 1.82) is 0 Å². The van der Waals surface area contributed by atoms with Crippen LogP contribution in [0, 0.1) is 0 Å². The Kier molecular flexibility index (Phi) is 11.2. The van der Waals surface area contributed by atoms with Crippen molar-refractivity contribution in [3.63, 3.8) is 0 Å². The van der Waals surface area contributed by atoms with Crippen molar-refractivity contribution in [3.8, 4) is 0 Å². The molecule has 1 aliphatic heterocycles. The first-order valence-electron chi connectivity index (χ1n) is 10.3. The standard InChI is InChI=1S/C22H36N2O.2ClH/c1-4-18(2)25-22(24-15-13-23(3)14-16-24)17-19-9-11-21(12-10-19)20-7-5-6-8-20;;/h9-12,18,20,22H,4-8,13-17H2,1-3H3;2*1H. The number of benzene rings is 1. The molecule has 156 valence electrons. The quantitative estimate of drug-likeness (QED) is 0.613. The van der Waals surface area contributed by atoms with E-state index in [1.54, 1.807) is 5.56 Å². The van der Waals surface area contributed by atoms with Crippen molar-refractivity contribution in [2.75, 3.05) is 33.2 Å². The maximum Gasteiger partial charge on any atom is 0.115 e. The summed E-state index contributed by atoms with van der Waals surface area (Å²) in [6.07, 6.45) is 8.16. The Balaban J connectivity index is 0.00000182. The number of piperazine rings is 1. The Morgan fingerprint density at radius 1 is 1.00 bits per heavy atom. The van der Waals surface area contributed by atoms with Crippen molar-refractivity contribution in [2.45, 2.75) is 70.6 Å². The third kappa shape index (κ3) is 7.21. The highest BCUT2D eigenvalue weighted by atomic mass is 35.5. The minimum atomic E-state index is 0. The van der Waals surface area contributed by atoms with Gasteiger partial charge in [0.1, 0.15) is 6.23 Å².